The summed E-state index contributed by atoms with van der Waals surface area (Å²) in [6.07, 6.45) is 2.59. The molecule has 0 aliphatic rings. The zero-order chi connectivity index (χ0) is 14.3. The minimum atomic E-state index is -0.880. The Morgan fingerprint density at radius 2 is 1.95 bits per heavy atom. The molecule has 1 aromatic rings. The molecule has 19 heavy (non-hydrogen) atoms. The number of carbonyl (C=O) groups is 1. The van der Waals surface area contributed by atoms with Crippen LogP contribution in [0.15, 0.2) is 24.3 Å². The topological polar surface area (TPSA) is 80.4 Å². The minimum Gasteiger partial charge on any atom is -0.388 e. The van der Waals surface area contributed by atoms with E-state index < -0.39 is 11.0 Å². The van der Waals surface area contributed by atoms with Crippen molar-refractivity contribution in [1.29, 1.82) is 0 Å². The molecule has 0 spiro atoms. The average molecular weight is 265 g/mol. The molecule has 0 aromatic heterocycles. The molecule has 104 valence electrons. The number of hydrogen-bond acceptors (Lipinski definition) is 4. The largest absolute Gasteiger partial charge is 0.388 e. The van der Waals surface area contributed by atoms with Crippen LogP contribution in [0.5, 0.6) is 0 Å². The van der Waals surface area contributed by atoms with Gasteiger partial charge in [-0.05, 0) is 24.1 Å². The van der Waals surface area contributed by atoms with Crippen LogP contribution in [0.1, 0.15) is 50.7 Å². The summed E-state index contributed by atoms with van der Waals surface area (Å²) in [5, 5.41) is 20.4. The standard InChI is InChI=1S/C14H19NO4/c1-2-3-4-5-13(16)10-14(17)11-6-8-12(9-7-11)15(18)19/h6-9,14,17H,2-5,10H2,1H3/t14-/m1/s1. The highest BCUT2D eigenvalue weighted by Gasteiger charge is 2.14. The van der Waals surface area contributed by atoms with E-state index in [9.17, 15) is 20.0 Å². The molecule has 1 atom stereocenters. The lowest BCUT2D eigenvalue weighted by molar-refractivity contribution is -0.384. The minimum absolute atomic E-state index is 0.0229. The second-order valence-electron chi connectivity index (χ2n) is 4.56. The van der Waals surface area contributed by atoms with Gasteiger partial charge in [0.05, 0.1) is 11.0 Å². The summed E-state index contributed by atoms with van der Waals surface area (Å²) >= 11 is 0. The van der Waals surface area contributed by atoms with Crippen molar-refractivity contribution in [3.05, 3.63) is 39.9 Å². The van der Waals surface area contributed by atoms with Gasteiger partial charge in [0.2, 0.25) is 0 Å². The normalized spacial score (nSPS) is 12.1. The fraction of sp³-hybridized carbons (Fsp3) is 0.500. The number of carbonyl (C=O) groups excluding carboxylic acids is 1. The van der Waals surface area contributed by atoms with E-state index in [1.54, 1.807) is 0 Å². The van der Waals surface area contributed by atoms with Crippen molar-refractivity contribution < 1.29 is 14.8 Å². The Balaban J connectivity index is 2.50. The van der Waals surface area contributed by atoms with Gasteiger partial charge in [0.15, 0.2) is 0 Å². The Hall–Kier alpha value is -1.75. The van der Waals surface area contributed by atoms with Crippen molar-refractivity contribution >= 4 is 11.5 Å². The predicted molar refractivity (Wildman–Crippen MR) is 71.8 cm³/mol. The Morgan fingerprint density at radius 3 is 2.47 bits per heavy atom. The van der Waals surface area contributed by atoms with Gasteiger partial charge in [-0.2, -0.15) is 0 Å². The van der Waals surface area contributed by atoms with Crippen LogP contribution in [0.4, 0.5) is 5.69 Å². The Bertz CT molecular complexity index is 428. The van der Waals surface area contributed by atoms with Crippen molar-refractivity contribution in [1.82, 2.24) is 0 Å². The molecule has 0 fully saturated rings. The highest BCUT2D eigenvalue weighted by Crippen LogP contribution is 2.21. The second-order valence-corrected chi connectivity index (χ2v) is 4.56. The number of nitro benzene ring substituents is 1. The molecule has 0 aliphatic carbocycles. The smallest absolute Gasteiger partial charge is 0.269 e. The number of non-ortho nitro benzene ring substituents is 1. The highest BCUT2D eigenvalue weighted by atomic mass is 16.6. The van der Waals surface area contributed by atoms with Crippen molar-refractivity contribution in [2.75, 3.05) is 0 Å². The number of unbranched alkanes of at least 4 members (excludes halogenated alkanes) is 2. The lowest BCUT2D eigenvalue weighted by Crippen LogP contribution is -2.06. The number of ketones is 1. The molecule has 0 heterocycles. The zero-order valence-corrected chi connectivity index (χ0v) is 11.0. The summed E-state index contributed by atoms with van der Waals surface area (Å²) in [4.78, 5) is 21.6. The first-order valence-electron chi connectivity index (χ1n) is 6.48. The zero-order valence-electron chi connectivity index (χ0n) is 11.0. The molecule has 0 radical (unpaired) electrons. The first-order valence-corrected chi connectivity index (χ1v) is 6.48. The lowest BCUT2D eigenvalue weighted by atomic mass is 10.0. The van der Waals surface area contributed by atoms with E-state index >= 15 is 0 Å². The van der Waals surface area contributed by atoms with E-state index in [2.05, 4.69) is 6.92 Å². The first-order chi connectivity index (χ1) is 9.04. The second kappa shape index (κ2) is 7.63. The Labute approximate surface area is 112 Å². The van der Waals surface area contributed by atoms with Gasteiger partial charge in [0.1, 0.15) is 5.78 Å². The van der Waals surface area contributed by atoms with Crippen molar-refractivity contribution in [3.8, 4) is 0 Å². The molecule has 1 aromatic carbocycles. The van der Waals surface area contributed by atoms with Crippen molar-refractivity contribution in [3.63, 3.8) is 0 Å². The third-order valence-electron chi connectivity index (χ3n) is 2.97. The number of rotatable bonds is 8. The average Bonchev–Trinajstić information content (AvgIpc) is 2.39. The summed E-state index contributed by atoms with van der Waals surface area (Å²) in [5.41, 5.74) is 0.514. The molecule has 0 aliphatic heterocycles. The molecule has 5 heteroatoms. The van der Waals surface area contributed by atoms with Crippen LogP contribution in [0.2, 0.25) is 0 Å². The molecule has 0 unspecified atom stereocenters. The van der Waals surface area contributed by atoms with Crippen LogP contribution in [0.3, 0.4) is 0 Å². The van der Waals surface area contributed by atoms with Gasteiger partial charge < -0.3 is 5.11 Å². The van der Waals surface area contributed by atoms with Gasteiger partial charge in [-0.25, -0.2) is 0 Å². The van der Waals surface area contributed by atoms with Gasteiger partial charge in [-0.15, -0.1) is 0 Å². The lowest BCUT2D eigenvalue weighted by Gasteiger charge is -2.09. The number of aliphatic hydroxyl groups is 1. The Kier molecular flexibility index (Phi) is 6.15. The summed E-state index contributed by atoms with van der Waals surface area (Å²) in [6.45, 7) is 2.07. The highest BCUT2D eigenvalue weighted by molar-refractivity contribution is 5.79. The number of aliphatic hydroxyl groups excluding tert-OH is 1. The SMILES string of the molecule is CCCCCC(=O)C[C@@H](O)c1ccc([N+](=O)[O-])cc1. The third kappa shape index (κ3) is 5.18. The van der Waals surface area contributed by atoms with Crippen LogP contribution in [0, 0.1) is 10.1 Å². The monoisotopic (exact) mass is 265 g/mol. The number of hydrogen-bond donors (Lipinski definition) is 1. The van der Waals surface area contributed by atoms with Crippen LogP contribution in [-0.4, -0.2) is 15.8 Å². The van der Waals surface area contributed by atoms with Crippen LogP contribution >= 0.6 is 0 Å². The van der Waals surface area contributed by atoms with Crippen molar-refractivity contribution in [2.45, 2.75) is 45.1 Å². The van der Waals surface area contributed by atoms with Gasteiger partial charge in [-0.1, -0.05) is 19.8 Å². The molecular weight excluding hydrogens is 246 g/mol. The van der Waals surface area contributed by atoms with E-state index in [4.69, 9.17) is 0 Å². The number of benzene rings is 1. The fourth-order valence-electron chi connectivity index (χ4n) is 1.83. The predicted octanol–water partition coefficient (Wildman–Crippen LogP) is 3.17. The fourth-order valence-corrected chi connectivity index (χ4v) is 1.83. The number of nitro groups is 1. The number of nitrogens with zero attached hydrogens (tertiary/aromatic N) is 1. The first kappa shape index (κ1) is 15.3. The van der Waals surface area contributed by atoms with Crippen molar-refractivity contribution in [2.24, 2.45) is 0 Å². The molecule has 1 rings (SSSR count). The third-order valence-corrected chi connectivity index (χ3v) is 2.97. The quantitative estimate of drug-likeness (QED) is 0.444. The van der Waals surface area contributed by atoms with Gasteiger partial charge in [0.25, 0.3) is 5.69 Å². The maximum Gasteiger partial charge on any atom is 0.269 e. The van der Waals surface area contributed by atoms with E-state index in [0.717, 1.165) is 19.3 Å². The molecule has 5 nitrogen and oxygen atoms in total. The van der Waals surface area contributed by atoms with E-state index in [1.807, 2.05) is 0 Å². The summed E-state index contributed by atoms with van der Waals surface area (Å²) in [5.74, 6) is 0.0271. The van der Waals surface area contributed by atoms with Crippen LogP contribution < -0.4 is 0 Å². The molecule has 0 bridgehead atoms. The maximum atomic E-state index is 11.6. The van der Waals surface area contributed by atoms with Gasteiger partial charge in [0, 0.05) is 25.0 Å². The maximum absolute atomic E-state index is 11.6. The van der Waals surface area contributed by atoms with E-state index in [-0.39, 0.29) is 17.9 Å². The van der Waals surface area contributed by atoms with Crippen LogP contribution in [0.25, 0.3) is 0 Å². The van der Waals surface area contributed by atoms with E-state index in [1.165, 1.54) is 24.3 Å². The van der Waals surface area contributed by atoms with Gasteiger partial charge in [-0.3, -0.25) is 14.9 Å². The summed E-state index contributed by atoms with van der Waals surface area (Å²) < 4.78 is 0. The number of Topliss-reactive ketones (excluding diaryl/α,β-unsaturated/α-hetero) is 1. The van der Waals surface area contributed by atoms with E-state index in [0.29, 0.717) is 12.0 Å². The summed E-state index contributed by atoms with van der Waals surface area (Å²) in [7, 11) is 0. The molecular formula is C14H19NO4. The molecule has 0 saturated heterocycles. The molecule has 1 N–H and O–H groups in total. The summed E-state index contributed by atoms with van der Waals surface area (Å²) in [6, 6.07) is 5.64. The molecule has 0 saturated carbocycles. The Morgan fingerprint density at radius 1 is 1.32 bits per heavy atom. The van der Waals surface area contributed by atoms with Crippen LogP contribution in [-0.2, 0) is 4.79 Å². The molecule has 0 amide bonds. The van der Waals surface area contributed by atoms with Gasteiger partial charge >= 0.3 is 0 Å².